The monoisotopic (exact) mass is 336 g/mol. The molecule has 0 atom stereocenters. The molecule has 4 nitrogen and oxygen atoms in total. The number of aryl methyl sites for hydroxylation is 1. The maximum absolute atomic E-state index is 12.6. The summed E-state index contributed by atoms with van der Waals surface area (Å²) in [6, 6.07) is 15.9. The van der Waals surface area contributed by atoms with E-state index in [1.54, 1.807) is 7.11 Å². The van der Waals surface area contributed by atoms with Crippen molar-refractivity contribution in [2.75, 3.05) is 12.4 Å². The third-order valence-corrected chi connectivity index (χ3v) is 4.69. The van der Waals surface area contributed by atoms with E-state index in [2.05, 4.69) is 36.3 Å². The third kappa shape index (κ3) is 3.68. The highest BCUT2D eigenvalue weighted by Gasteiger charge is 2.45. The highest BCUT2D eigenvalue weighted by Crippen LogP contribution is 2.45. The average molecular weight is 336 g/mol. The van der Waals surface area contributed by atoms with Crippen LogP contribution in [0.25, 0.3) is 0 Å². The molecule has 0 bridgehead atoms. The lowest BCUT2D eigenvalue weighted by Crippen LogP contribution is -2.37. The number of anilines is 1. The molecule has 1 fully saturated rings. The highest BCUT2D eigenvalue weighted by atomic mass is 16.5. The zero-order valence-corrected chi connectivity index (χ0v) is 14.8. The van der Waals surface area contributed by atoms with Gasteiger partial charge in [0.05, 0.1) is 18.3 Å². The van der Waals surface area contributed by atoms with E-state index >= 15 is 0 Å². The summed E-state index contributed by atoms with van der Waals surface area (Å²) in [4.78, 5) is 12.6. The topological polar surface area (TPSA) is 50.4 Å². The summed E-state index contributed by atoms with van der Waals surface area (Å²) in [5.74, 6) is 0.571. The molecule has 1 saturated carbocycles. The van der Waals surface area contributed by atoms with Gasteiger partial charge in [0, 0.05) is 11.8 Å². The Hall–Kier alpha value is -2.75. The summed E-state index contributed by atoms with van der Waals surface area (Å²) < 4.78 is 5.27. The summed E-state index contributed by atoms with van der Waals surface area (Å²) in [6.07, 6.45) is 2.76. The van der Waals surface area contributed by atoms with Crippen molar-refractivity contribution < 1.29 is 9.53 Å². The van der Waals surface area contributed by atoms with Crippen LogP contribution in [0.15, 0.2) is 60.8 Å². The van der Waals surface area contributed by atoms with Crippen LogP contribution in [-0.4, -0.2) is 13.0 Å². The summed E-state index contributed by atoms with van der Waals surface area (Å²) in [5, 5.41) is 6.29. The van der Waals surface area contributed by atoms with Gasteiger partial charge >= 0.3 is 0 Å². The number of nitrogens with one attached hydrogen (secondary N) is 2. The lowest BCUT2D eigenvalue weighted by molar-refractivity contribution is -0.118. The first-order chi connectivity index (χ1) is 12.1. The van der Waals surface area contributed by atoms with E-state index in [9.17, 15) is 4.79 Å². The molecule has 0 unspecified atom stereocenters. The van der Waals surface area contributed by atoms with Gasteiger partial charge in [-0.1, -0.05) is 49.9 Å². The molecule has 0 spiro atoms. The first-order valence-electron chi connectivity index (χ1n) is 8.59. The Kier molecular flexibility index (Phi) is 4.79. The summed E-state index contributed by atoms with van der Waals surface area (Å²) in [7, 11) is 1.63. The zero-order chi connectivity index (χ0) is 17.9. The Morgan fingerprint density at radius 3 is 2.52 bits per heavy atom. The molecule has 0 saturated heterocycles. The highest BCUT2D eigenvalue weighted by molar-refractivity contribution is 5.96. The second-order valence-electron chi connectivity index (χ2n) is 6.38. The second kappa shape index (κ2) is 7.01. The quantitative estimate of drug-likeness (QED) is 0.752. The van der Waals surface area contributed by atoms with Crippen molar-refractivity contribution >= 4 is 11.6 Å². The van der Waals surface area contributed by atoms with Crippen molar-refractivity contribution in [2.24, 2.45) is 0 Å². The largest absolute Gasteiger partial charge is 0.497 e. The van der Waals surface area contributed by atoms with Gasteiger partial charge in [0.15, 0.2) is 0 Å². The first-order valence-corrected chi connectivity index (χ1v) is 8.59. The van der Waals surface area contributed by atoms with E-state index in [1.165, 1.54) is 0 Å². The van der Waals surface area contributed by atoms with Gasteiger partial charge in [-0.2, -0.15) is 0 Å². The van der Waals surface area contributed by atoms with Crippen LogP contribution in [0.2, 0.25) is 0 Å². The normalized spacial score (nSPS) is 14.5. The Bertz CT molecular complexity index is 780. The molecular weight excluding hydrogens is 312 g/mol. The molecule has 2 aromatic rings. The van der Waals surface area contributed by atoms with Crippen LogP contribution in [-0.2, 0) is 16.8 Å². The number of amides is 1. The van der Waals surface area contributed by atoms with Crippen molar-refractivity contribution in [3.8, 4) is 5.75 Å². The van der Waals surface area contributed by atoms with Crippen molar-refractivity contribution in [3.05, 3.63) is 71.9 Å². The molecule has 1 aliphatic rings. The molecule has 1 aliphatic carbocycles. The minimum absolute atomic E-state index is 0.175. The fraction of sp³-hybridized carbons (Fsp3) is 0.286. The Morgan fingerprint density at radius 1 is 1.20 bits per heavy atom. The second-order valence-corrected chi connectivity index (χ2v) is 6.38. The number of hydrogen-bond acceptors (Lipinski definition) is 3. The molecule has 0 aromatic heterocycles. The Morgan fingerprint density at radius 2 is 1.92 bits per heavy atom. The van der Waals surface area contributed by atoms with Gasteiger partial charge in [-0.05, 0) is 36.5 Å². The van der Waals surface area contributed by atoms with Crippen LogP contribution < -0.4 is 15.4 Å². The lowest BCUT2D eigenvalue weighted by atomic mass is 10.0. The molecule has 0 heterocycles. The SMILES string of the molecule is C=C(Nc1cc(OC)ccc1CC)C(=O)NC1(c2ccccc2)CC1. The van der Waals surface area contributed by atoms with Gasteiger partial charge in [0.2, 0.25) is 0 Å². The molecule has 3 rings (SSSR count). The van der Waals surface area contributed by atoms with Crippen LogP contribution in [0.1, 0.15) is 30.9 Å². The van der Waals surface area contributed by atoms with E-state index in [0.717, 1.165) is 41.8 Å². The maximum Gasteiger partial charge on any atom is 0.267 e. The number of rotatable bonds is 7. The van der Waals surface area contributed by atoms with Crippen LogP contribution in [0, 0.1) is 0 Å². The van der Waals surface area contributed by atoms with Gasteiger partial charge in [-0.3, -0.25) is 4.79 Å². The van der Waals surface area contributed by atoms with E-state index in [1.807, 2.05) is 36.4 Å². The van der Waals surface area contributed by atoms with Gasteiger partial charge in [0.25, 0.3) is 5.91 Å². The molecular formula is C21H24N2O2. The molecule has 25 heavy (non-hydrogen) atoms. The van der Waals surface area contributed by atoms with Gasteiger partial charge in [-0.15, -0.1) is 0 Å². The summed E-state index contributed by atoms with van der Waals surface area (Å²) in [6.45, 7) is 6.00. The number of ether oxygens (including phenoxy) is 1. The molecule has 0 aliphatic heterocycles. The Labute approximate surface area is 148 Å². The summed E-state index contributed by atoms with van der Waals surface area (Å²) in [5.41, 5.74) is 3.20. The predicted octanol–water partition coefficient (Wildman–Crippen LogP) is 3.99. The van der Waals surface area contributed by atoms with E-state index < -0.39 is 0 Å². The number of carbonyl (C=O) groups excluding carboxylic acids is 1. The summed E-state index contributed by atoms with van der Waals surface area (Å²) >= 11 is 0. The maximum atomic E-state index is 12.6. The van der Waals surface area contributed by atoms with E-state index in [4.69, 9.17) is 4.74 Å². The van der Waals surface area contributed by atoms with Crippen molar-refractivity contribution in [2.45, 2.75) is 31.7 Å². The standard InChI is InChI=1S/C21H24N2O2/c1-4-16-10-11-18(25-3)14-19(16)22-15(2)20(24)23-21(12-13-21)17-8-6-5-7-9-17/h5-11,14,22H,2,4,12-13H2,1,3H3,(H,23,24). The third-order valence-electron chi connectivity index (χ3n) is 4.69. The van der Waals surface area contributed by atoms with Crippen LogP contribution >= 0.6 is 0 Å². The smallest absolute Gasteiger partial charge is 0.267 e. The van der Waals surface area contributed by atoms with Gasteiger partial charge < -0.3 is 15.4 Å². The predicted molar refractivity (Wildman–Crippen MR) is 101 cm³/mol. The number of methoxy groups -OCH3 is 1. The van der Waals surface area contributed by atoms with Crippen molar-refractivity contribution in [3.63, 3.8) is 0 Å². The lowest BCUT2D eigenvalue weighted by Gasteiger charge is -2.20. The number of hydrogen-bond donors (Lipinski definition) is 2. The van der Waals surface area contributed by atoms with Crippen molar-refractivity contribution in [1.29, 1.82) is 0 Å². The fourth-order valence-corrected chi connectivity index (χ4v) is 2.99. The number of carbonyl (C=O) groups is 1. The average Bonchev–Trinajstić information content (AvgIpc) is 3.43. The van der Waals surface area contributed by atoms with Crippen LogP contribution in [0.5, 0.6) is 5.75 Å². The van der Waals surface area contributed by atoms with Crippen LogP contribution in [0.4, 0.5) is 5.69 Å². The molecule has 1 amide bonds. The zero-order valence-electron chi connectivity index (χ0n) is 14.8. The Balaban J connectivity index is 1.71. The minimum atomic E-state index is -0.245. The van der Waals surface area contributed by atoms with Gasteiger partial charge in [0.1, 0.15) is 5.75 Å². The molecule has 4 heteroatoms. The number of benzene rings is 2. The molecule has 2 N–H and O–H groups in total. The van der Waals surface area contributed by atoms with E-state index in [-0.39, 0.29) is 11.4 Å². The minimum Gasteiger partial charge on any atom is -0.497 e. The van der Waals surface area contributed by atoms with Crippen molar-refractivity contribution in [1.82, 2.24) is 5.32 Å². The van der Waals surface area contributed by atoms with E-state index in [0.29, 0.717) is 5.70 Å². The molecule has 0 radical (unpaired) electrons. The van der Waals surface area contributed by atoms with Gasteiger partial charge in [-0.25, -0.2) is 0 Å². The molecule has 130 valence electrons. The fourth-order valence-electron chi connectivity index (χ4n) is 2.99. The van der Waals surface area contributed by atoms with Crippen LogP contribution in [0.3, 0.4) is 0 Å². The first kappa shape index (κ1) is 17.1. The molecule has 2 aromatic carbocycles.